The SMILES string of the molecule is CC(CSC(=O)c1ccccc1)C(=O)N[C@H](CSCc1ccc(N(C)C)cc1)C(=O)O. The third-order valence-electron chi connectivity index (χ3n) is 4.54. The standard InChI is InChI=1S/C23H28N2O4S2/c1-16(13-31-23(29)18-7-5-4-6-8-18)21(26)24-20(22(27)28)15-30-14-17-9-11-19(12-10-17)25(2)3/h4-12,16,20H,13-15H2,1-3H3,(H,24,26)(H,27,28)/t16?,20-/m1/s1. The van der Waals surface area contributed by atoms with Crippen LogP contribution in [-0.4, -0.2) is 53.7 Å². The van der Waals surface area contributed by atoms with Crippen LogP contribution in [0.2, 0.25) is 0 Å². The van der Waals surface area contributed by atoms with Crippen LogP contribution in [-0.2, 0) is 15.3 Å². The smallest absolute Gasteiger partial charge is 0.327 e. The monoisotopic (exact) mass is 460 g/mol. The van der Waals surface area contributed by atoms with E-state index in [2.05, 4.69) is 5.32 Å². The average Bonchev–Trinajstić information content (AvgIpc) is 2.77. The molecule has 0 fully saturated rings. The Labute approximate surface area is 191 Å². The van der Waals surface area contributed by atoms with Crippen molar-refractivity contribution in [1.82, 2.24) is 5.32 Å². The van der Waals surface area contributed by atoms with Gasteiger partial charge in [0.25, 0.3) is 0 Å². The minimum atomic E-state index is -1.07. The summed E-state index contributed by atoms with van der Waals surface area (Å²) in [4.78, 5) is 38.2. The Hall–Kier alpha value is -2.45. The molecule has 2 aromatic carbocycles. The molecule has 0 aliphatic carbocycles. The molecule has 0 spiro atoms. The van der Waals surface area contributed by atoms with E-state index in [4.69, 9.17) is 0 Å². The van der Waals surface area contributed by atoms with E-state index in [1.165, 1.54) is 11.8 Å². The van der Waals surface area contributed by atoms with Gasteiger partial charge in [-0.3, -0.25) is 9.59 Å². The van der Waals surface area contributed by atoms with Crippen LogP contribution in [0.25, 0.3) is 0 Å². The molecule has 0 aliphatic rings. The Morgan fingerprint density at radius 1 is 1.00 bits per heavy atom. The van der Waals surface area contributed by atoms with E-state index in [1.807, 2.05) is 49.3 Å². The Morgan fingerprint density at radius 2 is 1.65 bits per heavy atom. The van der Waals surface area contributed by atoms with Crippen LogP contribution in [0.1, 0.15) is 22.8 Å². The third-order valence-corrected chi connectivity index (χ3v) is 6.81. The van der Waals surface area contributed by atoms with Crippen LogP contribution in [0.15, 0.2) is 54.6 Å². The Bertz CT molecular complexity index is 873. The largest absolute Gasteiger partial charge is 0.480 e. The maximum absolute atomic E-state index is 12.4. The predicted octanol–water partition coefficient (Wildman–Crippen LogP) is 3.76. The lowest BCUT2D eigenvalue weighted by Crippen LogP contribution is -2.45. The highest BCUT2D eigenvalue weighted by Crippen LogP contribution is 2.19. The van der Waals surface area contributed by atoms with Gasteiger partial charge >= 0.3 is 5.97 Å². The molecule has 2 rings (SSSR count). The molecule has 166 valence electrons. The molecule has 1 unspecified atom stereocenters. The van der Waals surface area contributed by atoms with E-state index in [9.17, 15) is 19.5 Å². The maximum atomic E-state index is 12.4. The fourth-order valence-electron chi connectivity index (χ4n) is 2.61. The zero-order chi connectivity index (χ0) is 22.8. The average molecular weight is 461 g/mol. The third kappa shape index (κ3) is 8.30. The van der Waals surface area contributed by atoms with Crippen molar-refractivity contribution in [3.8, 4) is 0 Å². The normalized spacial score (nSPS) is 12.6. The highest BCUT2D eigenvalue weighted by atomic mass is 32.2. The van der Waals surface area contributed by atoms with E-state index in [1.54, 1.807) is 31.2 Å². The van der Waals surface area contributed by atoms with Gasteiger partial charge in [0, 0.05) is 48.5 Å². The molecule has 0 radical (unpaired) electrons. The zero-order valence-corrected chi connectivity index (χ0v) is 19.5. The summed E-state index contributed by atoms with van der Waals surface area (Å²) in [7, 11) is 3.95. The van der Waals surface area contributed by atoms with Crippen molar-refractivity contribution in [3.63, 3.8) is 0 Å². The first-order chi connectivity index (χ1) is 14.8. The summed E-state index contributed by atoms with van der Waals surface area (Å²) in [6.07, 6.45) is 0. The molecule has 2 atom stereocenters. The Morgan fingerprint density at radius 3 is 2.23 bits per heavy atom. The molecule has 2 N–H and O–H groups in total. The molecule has 0 aliphatic heterocycles. The first-order valence-electron chi connectivity index (χ1n) is 9.87. The van der Waals surface area contributed by atoms with Gasteiger partial charge in [0.05, 0.1) is 0 Å². The van der Waals surface area contributed by atoms with E-state index in [0.717, 1.165) is 23.0 Å². The fraction of sp³-hybridized carbons (Fsp3) is 0.348. The number of thioether (sulfide) groups is 2. The summed E-state index contributed by atoms with van der Waals surface area (Å²) in [5.41, 5.74) is 2.77. The van der Waals surface area contributed by atoms with Gasteiger partial charge in [-0.25, -0.2) is 4.79 Å². The number of rotatable bonds is 11. The maximum Gasteiger partial charge on any atom is 0.327 e. The van der Waals surface area contributed by atoms with Crippen molar-refractivity contribution in [2.24, 2.45) is 5.92 Å². The lowest BCUT2D eigenvalue weighted by molar-refractivity contribution is -0.141. The summed E-state index contributed by atoms with van der Waals surface area (Å²) in [6.45, 7) is 1.69. The van der Waals surface area contributed by atoms with Gasteiger partial charge < -0.3 is 15.3 Å². The highest BCUT2D eigenvalue weighted by Gasteiger charge is 2.23. The molecule has 0 aromatic heterocycles. The summed E-state index contributed by atoms with van der Waals surface area (Å²) in [5, 5.41) is 12.0. The van der Waals surface area contributed by atoms with Gasteiger partial charge in [0.2, 0.25) is 11.0 Å². The lowest BCUT2D eigenvalue weighted by atomic mass is 10.2. The molecule has 0 saturated heterocycles. The van der Waals surface area contributed by atoms with Crippen molar-refractivity contribution < 1.29 is 19.5 Å². The second-order valence-corrected chi connectivity index (χ2v) is 9.36. The molecule has 0 bridgehead atoms. The van der Waals surface area contributed by atoms with Gasteiger partial charge in [0.15, 0.2) is 0 Å². The number of anilines is 1. The molecular formula is C23H28N2O4S2. The quantitative estimate of drug-likeness (QED) is 0.528. The van der Waals surface area contributed by atoms with E-state index < -0.39 is 17.9 Å². The van der Waals surface area contributed by atoms with Gasteiger partial charge in [-0.15, -0.1) is 0 Å². The topological polar surface area (TPSA) is 86.7 Å². The van der Waals surface area contributed by atoms with Crippen LogP contribution in [0, 0.1) is 5.92 Å². The van der Waals surface area contributed by atoms with Crippen molar-refractivity contribution in [2.45, 2.75) is 18.7 Å². The van der Waals surface area contributed by atoms with Crippen molar-refractivity contribution in [3.05, 3.63) is 65.7 Å². The van der Waals surface area contributed by atoms with E-state index in [0.29, 0.717) is 11.3 Å². The number of nitrogens with one attached hydrogen (secondary N) is 1. The number of carboxylic acid groups (broad SMARTS) is 1. The predicted molar refractivity (Wildman–Crippen MR) is 129 cm³/mol. The lowest BCUT2D eigenvalue weighted by Gasteiger charge is -2.17. The highest BCUT2D eigenvalue weighted by molar-refractivity contribution is 8.14. The number of aliphatic carboxylic acids is 1. The van der Waals surface area contributed by atoms with Gasteiger partial charge in [-0.1, -0.05) is 61.2 Å². The van der Waals surface area contributed by atoms with Gasteiger partial charge in [-0.05, 0) is 17.7 Å². The number of carboxylic acids is 1. The Kier molecular flexibility index (Phi) is 9.94. The van der Waals surface area contributed by atoms with Crippen LogP contribution in [0.5, 0.6) is 0 Å². The molecule has 8 heteroatoms. The number of carbonyl (C=O) groups excluding carboxylic acids is 2. The van der Waals surface area contributed by atoms with Crippen molar-refractivity contribution >= 4 is 46.2 Å². The van der Waals surface area contributed by atoms with Crippen molar-refractivity contribution in [1.29, 1.82) is 0 Å². The summed E-state index contributed by atoms with van der Waals surface area (Å²) in [6, 6.07) is 15.9. The molecule has 1 amide bonds. The van der Waals surface area contributed by atoms with E-state index >= 15 is 0 Å². The zero-order valence-electron chi connectivity index (χ0n) is 17.9. The molecular weight excluding hydrogens is 432 g/mol. The number of benzene rings is 2. The van der Waals surface area contributed by atoms with Crippen molar-refractivity contribution in [2.75, 3.05) is 30.5 Å². The summed E-state index contributed by atoms with van der Waals surface area (Å²) in [5.74, 6) is -0.704. The molecule has 0 saturated carbocycles. The molecule has 0 heterocycles. The summed E-state index contributed by atoms with van der Waals surface area (Å²) < 4.78 is 0. The van der Waals surface area contributed by atoms with Crippen LogP contribution < -0.4 is 10.2 Å². The fourth-order valence-corrected chi connectivity index (χ4v) is 4.47. The number of hydrogen-bond acceptors (Lipinski definition) is 6. The minimum Gasteiger partial charge on any atom is -0.480 e. The second-order valence-electron chi connectivity index (χ2n) is 7.34. The second kappa shape index (κ2) is 12.4. The molecule has 31 heavy (non-hydrogen) atoms. The number of carbonyl (C=O) groups is 3. The van der Waals surface area contributed by atoms with Crippen LogP contribution in [0.4, 0.5) is 5.69 Å². The summed E-state index contributed by atoms with van der Waals surface area (Å²) >= 11 is 2.52. The molecule has 6 nitrogen and oxygen atoms in total. The van der Waals surface area contributed by atoms with Crippen LogP contribution in [0.3, 0.4) is 0 Å². The van der Waals surface area contributed by atoms with Gasteiger partial charge in [-0.2, -0.15) is 11.8 Å². The molecule has 2 aromatic rings. The number of amides is 1. The first kappa shape index (κ1) is 24.8. The minimum absolute atomic E-state index is 0.106. The van der Waals surface area contributed by atoms with E-state index in [-0.39, 0.29) is 22.5 Å². The Balaban J connectivity index is 1.79. The number of hydrogen-bond donors (Lipinski definition) is 2. The van der Waals surface area contributed by atoms with Gasteiger partial charge in [0.1, 0.15) is 6.04 Å². The number of nitrogens with zero attached hydrogens (tertiary/aromatic N) is 1. The van der Waals surface area contributed by atoms with Crippen LogP contribution >= 0.6 is 23.5 Å². The first-order valence-corrected chi connectivity index (χ1v) is 12.0.